The lowest BCUT2D eigenvalue weighted by Gasteiger charge is -2.47. The van der Waals surface area contributed by atoms with Crippen molar-refractivity contribution in [2.24, 2.45) is 5.92 Å². The van der Waals surface area contributed by atoms with Gasteiger partial charge in [-0.05, 0) is 24.8 Å². The molecule has 2 bridgehead atoms. The fourth-order valence-corrected chi connectivity index (χ4v) is 3.49. The van der Waals surface area contributed by atoms with E-state index in [2.05, 4.69) is 16.8 Å². The molecule has 3 N–H and O–H groups in total. The number of nitrogen functional groups attached to an aromatic ring is 1. The van der Waals surface area contributed by atoms with Gasteiger partial charge in [0.15, 0.2) is 0 Å². The van der Waals surface area contributed by atoms with Crippen LogP contribution in [0.2, 0.25) is 5.02 Å². The van der Waals surface area contributed by atoms with Crippen LogP contribution in [0.4, 0.5) is 5.69 Å². The van der Waals surface area contributed by atoms with Crippen LogP contribution in [-0.4, -0.2) is 37.0 Å². The van der Waals surface area contributed by atoms with Gasteiger partial charge in [-0.3, -0.25) is 4.79 Å². The van der Waals surface area contributed by atoms with Gasteiger partial charge in [-0.15, -0.1) is 0 Å². The zero-order valence-electron chi connectivity index (χ0n) is 12.6. The molecule has 1 amide bonds. The number of nitrogens with zero attached hydrogens (tertiary/aromatic N) is 1. The molecule has 1 aromatic carbocycles. The van der Waals surface area contributed by atoms with Crippen LogP contribution in [0.25, 0.3) is 0 Å². The van der Waals surface area contributed by atoms with Crippen LogP contribution in [-0.2, 0) is 0 Å². The molecule has 3 aliphatic heterocycles. The molecule has 1 unspecified atom stereocenters. The summed E-state index contributed by atoms with van der Waals surface area (Å²) < 4.78 is 5.25. The van der Waals surface area contributed by atoms with Gasteiger partial charge in [0, 0.05) is 24.9 Å². The first-order valence-corrected chi connectivity index (χ1v) is 7.76. The number of amides is 1. The highest BCUT2D eigenvalue weighted by Crippen LogP contribution is 2.35. The minimum absolute atomic E-state index is 0.0176. The molecule has 3 fully saturated rings. The maximum Gasteiger partial charge on any atom is 0.255 e. The number of nitrogens with one attached hydrogen (secondary N) is 1. The standard InChI is InChI=1S/C16H20ClN3O2/c1-9-15(10-3-5-20(9)6-4-10)19-16(21)11-7-12(17)13(18)8-14(11)22-2/h7-8,10,15H,1,3-6,18H2,2H3,(H,19,21). The van der Waals surface area contributed by atoms with Crippen molar-refractivity contribution in [1.29, 1.82) is 0 Å². The molecule has 22 heavy (non-hydrogen) atoms. The fourth-order valence-electron chi connectivity index (χ4n) is 3.32. The number of fused-ring (bicyclic) bond motifs is 3. The van der Waals surface area contributed by atoms with Crippen molar-refractivity contribution < 1.29 is 9.53 Å². The van der Waals surface area contributed by atoms with Crippen molar-refractivity contribution in [3.05, 3.63) is 35.0 Å². The van der Waals surface area contributed by atoms with Crippen LogP contribution in [0.3, 0.4) is 0 Å². The Labute approximate surface area is 135 Å². The molecule has 0 radical (unpaired) electrons. The first-order chi connectivity index (χ1) is 10.5. The Morgan fingerprint density at radius 1 is 1.45 bits per heavy atom. The highest BCUT2D eigenvalue weighted by Gasteiger charge is 2.38. The van der Waals surface area contributed by atoms with E-state index in [1.165, 1.54) is 7.11 Å². The third-order valence-corrected chi connectivity index (χ3v) is 4.95. The Morgan fingerprint density at radius 2 is 2.14 bits per heavy atom. The highest BCUT2D eigenvalue weighted by molar-refractivity contribution is 6.33. The number of hydrogen-bond donors (Lipinski definition) is 2. The number of carbonyl (C=O) groups is 1. The number of benzene rings is 1. The lowest BCUT2D eigenvalue weighted by Crippen LogP contribution is -2.55. The first kappa shape index (κ1) is 15.0. The number of anilines is 1. The molecule has 4 rings (SSSR count). The van der Waals surface area contributed by atoms with Crippen molar-refractivity contribution >= 4 is 23.2 Å². The summed E-state index contributed by atoms with van der Waals surface area (Å²) in [6.07, 6.45) is 2.17. The van der Waals surface area contributed by atoms with Gasteiger partial charge in [0.1, 0.15) is 5.75 Å². The normalized spacial score (nSPS) is 23.5. The van der Waals surface area contributed by atoms with Gasteiger partial charge in [-0.2, -0.15) is 0 Å². The van der Waals surface area contributed by atoms with E-state index in [1.807, 2.05) is 0 Å². The molecule has 0 aliphatic carbocycles. The van der Waals surface area contributed by atoms with E-state index in [0.717, 1.165) is 31.6 Å². The van der Waals surface area contributed by atoms with Crippen LogP contribution in [0, 0.1) is 5.92 Å². The minimum Gasteiger partial charge on any atom is -0.496 e. The van der Waals surface area contributed by atoms with E-state index in [9.17, 15) is 4.79 Å². The largest absolute Gasteiger partial charge is 0.496 e. The zero-order chi connectivity index (χ0) is 15.9. The molecule has 0 saturated carbocycles. The van der Waals surface area contributed by atoms with Crippen molar-refractivity contribution in [2.45, 2.75) is 18.9 Å². The average Bonchev–Trinajstić information content (AvgIpc) is 2.53. The third-order valence-electron chi connectivity index (χ3n) is 4.63. The van der Waals surface area contributed by atoms with Gasteiger partial charge in [0.05, 0.1) is 29.4 Å². The lowest BCUT2D eigenvalue weighted by atomic mass is 9.82. The van der Waals surface area contributed by atoms with Crippen molar-refractivity contribution in [3.63, 3.8) is 0 Å². The van der Waals surface area contributed by atoms with E-state index >= 15 is 0 Å². The molecule has 0 spiro atoms. The van der Waals surface area contributed by atoms with Gasteiger partial charge >= 0.3 is 0 Å². The van der Waals surface area contributed by atoms with Gasteiger partial charge in [0.25, 0.3) is 5.91 Å². The average molecular weight is 322 g/mol. The van der Waals surface area contributed by atoms with Crippen LogP contribution < -0.4 is 15.8 Å². The monoisotopic (exact) mass is 321 g/mol. The molecule has 1 aromatic rings. The van der Waals surface area contributed by atoms with Gasteiger partial charge in [0.2, 0.25) is 0 Å². The Balaban J connectivity index is 1.83. The van der Waals surface area contributed by atoms with E-state index in [1.54, 1.807) is 12.1 Å². The third kappa shape index (κ3) is 2.50. The van der Waals surface area contributed by atoms with E-state index < -0.39 is 0 Å². The molecule has 0 aromatic heterocycles. The number of nitrogens with two attached hydrogens (primary N) is 1. The molecule has 6 heteroatoms. The quantitative estimate of drug-likeness (QED) is 0.838. The van der Waals surface area contributed by atoms with E-state index in [4.69, 9.17) is 22.1 Å². The minimum atomic E-state index is -0.210. The molecule has 3 saturated heterocycles. The number of piperidine rings is 3. The Morgan fingerprint density at radius 3 is 2.73 bits per heavy atom. The van der Waals surface area contributed by atoms with Crippen molar-refractivity contribution in [2.75, 3.05) is 25.9 Å². The topological polar surface area (TPSA) is 67.6 Å². The predicted molar refractivity (Wildman–Crippen MR) is 87.1 cm³/mol. The molecule has 3 aliphatic rings. The first-order valence-electron chi connectivity index (χ1n) is 7.39. The maximum absolute atomic E-state index is 12.6. The van der Waals surface area contributed by atoms with Gasteiger partial charge in [-0.1, -0.05) is 18.2 Å². The van der Waals surface area contributed by atoms with Crippen LogP contribution in [0.15, 0.2) is 24.4 Å². The Kier molecular flexibility index (Phi) is 3.91. The summed E-state index contributed by atoms with van der Waals surface area (Å²) in [5.74, 6) is 0.668. The second-order valence-electron chi connectivity index (χ2n) is 5.84. The summed E-state index contributed by atoms with van der Waals surface area (Å²) >= 11 is 6.03. The van der Waals surface area contributed by atoms with Crippen LogP contribution in [0.5, 0.6) is 5.75 Å². The maximum atomic E-state index is 12.6. The Bertz CT molecular complexity index is 624. The predicted octanol–water partition coefficient (Wildman–Crippen LogP) is 2.27. The second-order valence-corrected chi connectivity index (χ2v) is 6.25. The molecule has 118 valence electrons. The fraction of sp³-hybridized carbons (Fsp3) is 0.438. The number of hydrogen-bond acceptors (Lipinski definition) is 4. The molecule has 3 heterocycles. The molecule has 5 nitrogen and oxygen atoms in total. The van der Waals surface area contributed by atoms with Gasteiger partial charge < -0.3 is 20.7 Å². The molecule has 1 atom stereocenters. The highest BCUT2D eigenvalue weighted by atomic mass is 35.5. The second kappa shape index (κ2) is 5.72. The zero-order valence-corrected chi connectivity index (χ0v) is 13.3. The number of ether oxygens (including phenoxy) is 1. The van der Waals surface area contributed by atoms with E-state index in [0.29, 0.717) is 27.9 Å². The van der Waals surface area contributed by atoms with Crippen molar-refractivity contribution in [1.82, 2.24) is 10.2 Å². The van der Waals surface area contributed by atoms with Gasteiger partial charge in [-0.25, -0.2) is 0 Å². The molecular weight excluding hydrogens is 302 g/mol. The summed E-state index contributed by atoms with van der Waals surface area (Å²) in [5.41, 5.74) is 7.54. The van der Waals surface area contributed by atoms with Crippen LogP contribution in [0.1, 0.15) is 23.2 Å². The smallest absolute Gasteiger partial charge is 0.255 e. The summed E-state index contributed by atoms with van der Waals surface area (Å²) in [5, 5.41) is 3.42. The molecular formula is C16H20ClN3O2. The summed E-state index contributed by atoms with van der Waals surface area (Å²) in [6, 6.07) is 3.11. The summed E-state index contributed by atoms with van der Waals surface area (Å²) in [7, 11) is 1.51. The van der Waals surface area contributed by atoms with Crippen LogP contribution >= 0.6 is 11.6 Å². The number of rotatable bonds is 3. The Hall–Kier alpha value is -1.88. The van der Waals surface area contributed by atoms with E-state index in [-0.39, 0.29) is 11.9 Å². The summed E-state index contributed by atoms with van der Waals surface area (Å²) in [4.78, 5) is 14.9. The van der Waals surface area contributed by atoms with Crippen molar-refractivity contribution in [3.8, 4) is 5.75 Å². The number of carbonyl (C=O) groups excluding carboxylic acids is 1. The number of halogens is 1. The summed E-state index contributed by atoms with van der Waals surface area (Å²) in [6.45, 7) is 6.20. The lowest BCUT2D eigenvalue weighted by molar-refractivity contribution is 0.0826. The SMILES string of the molecule is C=C1C(NC(=O)c2cc(Cl)c(N)cc2OC)C2CCN1CC2. The number of methoxy groups -OCH3 is 1.